The van der Waals surface area contributed by atoms with Crippen molar-refractivity contribution in [3.8, 4) is 28.7 Å². The largest absolute Gasteiger partial charge is 0.497 e. The van der Waals surface area contributed by atoms with Crippen LogP contribution in [0.2, 0.25) is 5.02 Å². The van der Waals surface area contributed by atoms with Gasteiger partial charge in [-0.15, -0.1) is 11.6 Å². The molecule has 0 spiro atoms. The number of fused-ring (bicyclic) bond motifs is 1. The van der Waals surface area contributed by atoms with E-state index >= 15 is 0 Å². The first kappa shape index (κ1) is 17.4. The van der Waals surface area contributed by atoms with Gasteiger partial charge in [-0.2, -0.15) is 5.26 Å². The molecule has 3 aromatic carbocycles. The van der Waals surface area contributed by atoms with Crippen molar-refractivity contribution in [3.63, 3.8) is 0 Å². The Morgan fingerprint density at radius 1 is 1.12 bits per heavy atom. The van der Waals surface area contributed by atoms with E-state index in [0.29, 0.717) is 28.8 Å². The van der Waals surface area contributed by atoms with Crippen LogP contribution in [0.1, 0.15) is 5.56 Å². The zero-order chi connectivity index (χ0) is 17.8. The van der Waals surface area contributed by atoms with Gasteiger partial charge in [-0.05, 0) is 46.2 Å². The molecule has 0 amide bonds. The minimum absolute atomic E-state index is 0.295. The summed E-state index contributed by atoms with van der Waals surface area (Å²) in [6.07, 6.45) is 0. The number of halogens is 2. The van der Waals surface area contributed by atoms with Gasteiger partial charge in [0.05, 0.1) is 23.6 Å². The van der Waals surface area contributed by atoms with Gasteiger partial charge >= 0.3 is 0 Å². The van der Waals surface area contributed by atoms with E-state index in [2.05, 4.69) is 6.07 Å². The number of hydrogen-bond acceptors (Lipinski definition) is 3. The molecule has 3 nitrogen and oxygen atoms in total. The lowest BCUT2D eigenvalue weighted by molar-refractivity contribution is 0.342. The van der Waals surface area contributed by atoms with Crippen molar-refractivity contribution in [1.29, 1.82) is 5.26 Å². The summed E-state index contributed by atoms with van der Waals surface area (Å²) in [6.45, 7) is 0.295. The van der Waals surface area contributed by atoms with E-state index < -0.39 is 0 Å². The van der Waals surface area contributed by atoms with E-state index in [9.17, 15) is 5.26 Å². The Labute approximate surface area is 156 Å². The fourth-order valence-electron chi connectivity index (χ4n) is 2.76. The number of rotatable bonds is 5. The Hall–Kier alpha value is -2.41. The van der Waals surface area contributed by atoms with Gasteiger partial charge in [-0.1, -0.05) is 35.9 Å². The highest BCUT2D eigenvalue weighted by Crippen LogP contribution is 2.37. The molecule has 0 heterocycles. The number of methoxy groups -OCH3 is 1. The van der Waals surface area contributed by atoms with Crippen molar-refractivity contribution in [2.24, 2.45) is 0 Å². The van der Waals surface area contributed by atoms with Gasteiger partial charge in [0, 0.05) is 0 Å². The van der Waals surface area contributed by atoms with Gasteiger partial charge in [-0.25, -0.2) is 0 Å². The van der Waals surface area contributed by atoms with E-state index in [-0.39, 0.29) is 0 Å². The standard InChI is InChI=1S/C20H15Cl2NO2/c1-24-16-5-6-18-13(10-16)3-2-4-17(18)14-9-15(12-23)20(19(22)11-14)25-8-7-21/h2-6,9-11H,7-8H2,1H3. The predicted octanol–water partition coefficient (Wildman–Crippen LogP) is 5.66. The monoisotopic (exact) mass is 371 g/mol. The van der Waals surface area contributed by atoms with Crippen LogP contribution < -0.4 is 9.47 Å². The van der Waals surface area contributed by atoms with Gasteiger partial charge in [0.15, 0.2) is 5.75 Å². The summed E-state index contributed by atoms with van der Waals surface area (Å²) in [5.41, 5.74) is 2.23. The SMILES string of the molecule is COc1ccc2c(-c3cc(Cl)c(OCCCl)c(C#N)c3)cccc2c1. The molecule has 0 unspecified atom stereocenters. The van der Waals surface area contributed by atoms with Crippen LogP contribution in [-0.2, 0) is 0 Å². The van der Waals surface area contributed by atoms with Crippen LogP contribution in [0, 0.1) is 11.3 Å². The zero-order valence-corrected chi connectivity index (χ0v) is 15.1. The summed E-state index contributed by atoms with van der Waals surface area (Å²) in [5, 5.41) is 12.0. The highest BCUT2D eigenvalue weighted by atomic mass is 35.5. The predicted molar refractivity (Wildman–Crippen MR) is 102 cm³/mol. The van der Waals surface area contributed by atoms with E-state index in [0.717, 1.165) is 27.6 Å². The lowest BCUT2D eigenvalue weighted by Crippen LogP contribution is -2.01. The van der Waals surface area contributed by atoms with Crippen LogP contribution in [0.25, 0.3) is 21.9 Å². The molecule has 0 aromatic heterocycles. The number of benzene rings is 3. The molecule has 0 bridgehead atoms. The number of alkyl halides is 1. The van der Waals surface area contributed by atoms with Gasteiger partial charge < -0.3 is 9.47 Å². The van der Waals surface area contributed by atoms with Crippen molar-refractivity contribution < 1.29 is 9.47 Å². The molecular weight excluding hydrogens is 357 g/mol. The molecule has 0 saturated heterocycles. The summed E-state index contributed by atoms with van der Waals surface area (Å²) in [6, 6.07) is 17.6. The molecule has 0 aliphatic heterocycles. The number of ether oxygens (including phenoxy) is 2. The van der Waals surface area contributed by atoms with Gasteiger partial charge in [-0.3, -0.25) is 0 Å². The van der Waals surface area contributed by atoms with Crippen LogP contribution in [0.3, 0.4) is 0 Å². The molecule has 0 aliphatic carbocycles. The Balaban J connectivity index is 2.15. The maximum absolute atomic E-state index is 9.46. The molecule has 0 fully saturated rings. The molecule has 0 N–H and O–H groups in total. The molecule has 0 atom stereocenters. The Bertz CT molecular complexity index is 964. The van der Waals surface area contributed by atoms with E-state index in [1.54, 1.807) is 13.2 Å². The van der Waals surface area contributed by atoms with Crippen molar-refractivity contribution in [2.45, 2.75) is 0 Å². The van der Waals surface area contributed by atoms with E-state index in [1.807, 2.05) is 42.5 Å². The lowest BCUT2D eigenvalue weighted by Gasteiger charge is -2.13. The smallest absolute Gasteiger partial charge is 0.155 e. The molecule has 0 radical (unpaired) electrons. The average molecular weight is 372 g/mol. The molecular formula is C20H15Cl2NO2. The Kier molecular flexibility index (Phi) is 5.33. The Morgan fingerprint density at radius 2 is 1.96 bits per heavy atom. The number of nitrogens with zero attached hydrogens (tertiary/aromatic N) is 1. The zero-order valence-electron chi connectivity index (χ0n) is 13.6. The third kappa shape index (κ3) is 3.51. The summed E-state index contributed by atoms with van der Waals surface area (Å²) >= 11 is 12.0. The normalized spacial score (nSPS) is 10.5. The van der Waals surface area contributed by atoms with Crippen LogP contribution >= 0.6 is 23.2 Å². The Morgan fingerprint density at radius 3 is 2.68 bits per heavy atom. The van der Waals surface area contributed by atoms with Gasteiger partial charge in [0.1, 0.15) is 18.4 Å². The summed E-state index contributed by atoms with van der Waals surface area (Å²) in [5.74, 6) is 1.49. The molecule has 3 aromatic rings. The minimum Gasteiger partial charge on any atom is -0.497 e. The molecule has 5 heteroatoms. The van der Waals surface area contributed by atoms with Gasteiger partial charge in [0.2, 0.25) is 0 Å². The molecule has 0 aliphatic rings. The second kappa shape index (κ2) is 7.65. The highest BCUT2D eigenvalue weighted by molar-refractivity contribution is 6.32. The van der Waals surface area contributed by atoms with Crippen molar-refractivity contribution in [1.82, 2.24) is 0 Å². The van der Waals surface area contributed by atoms with Gasteiger partial charge in [0.25, 0.3) is 0 Å². The van der Waals surface area contributed by atoms with Crippen molar-refractivity contribution >= 4 is 34.0 Å². The third-order valence-corrected chi connectivity index (χ3v) is 4.32. The maximum Gasteiger partial charge on any atom is 0.155 e. The fourth-order valence-corrected chi connectivity index (χ4v) is 3.11. The highest BCUT2D eigenvalue weighted by Gasteiger charge is 2.14. The summed E-state index contributed by atoms with van der Waals surface area (Å²) in [4.78, 5) is 0. The fraction of sp³-hybridized carbons (Fsp3) is 0.150. The first-order chi connectivity index (χ1) is 12.2. The molecule has 0 saturated carbocycles. The van der Waals surface area contributed by atoms with Crippen LogP contribution in [-0.4, -0.2) is 19.6 Å². The number of hydrogen-bond donors (Lipinski definition) is 0. The summed E-state index contributed by atoms with van der Waals surface area (Å²) in [7, 11) is 1.64. The van der Waals surface area contributed by atoms with E-state index in [1.165, 1.54) is 0 Å². The second-order valence-corrected chi connectivity index (χ2v) is 6.16. The first-order valence-corrected chi connectivity index (χ1v) is 8.58. The topological polar surface area (TPSA) is 42.2 Å². The quantitative estimate of drug-likeness (QED) is 0.543. The average Bonchev–Trinajstić information content (AvgIpc) is 2.65. The van der Waals surface area contributed by atoms with Crippen LogP contribution in [0.15, 0.2) is 48.5 Å². The molecule has 126 valence electrons. The number of nitriles is 1. The van der Waals surface area contributed by atoms with Crippen LogP contribution in [0.4, 0.5) is 0 Å². The lowest BCUT2D eigenvalue weighted by atomic mass is 9.96. The molecule has 3 rings (SSSR count). The molecule has 25 heavy (non-hydrogen) atoms. The first-order valence-electron chi connectivity index (χ1n) is 7.67. The van der Waals surface area contributed by atoms with Crippen LogP contribution in [0.5, 0.6) is 11.5 Å². The maximum atomic E-state index is 9.46. The minimum atomic E-state index is 0.295. The second-order valence-electron chi connectivity index (χ2n) is 5.38. The third-order valence-electron chi connectivity index (χ3n) is 3.89. The van der Waals surface area contributed by atoms with Crippen molar-refractivity contribution in [2.75, 3.05) is 19.6 Å². The summed E-state index contributed by atoms with van der Waals surface area (Å²) < 4.78 is 10.8. The van der Waals surface area contributed by atoms with Crippen molar-refractivity contribution in [3.05, 3.63) is 59.1 Å². The van der Waals surface area contributed by atoms with E-state index in [4.69, 9.17) is 32.7 Å².